The first kappa shape index (κ1) is 17.5. The highest BCUT2D eigenvalue weighted by Gasteiger charge is 2.21. The summed E-state index contributed by atoms with van der Waals surface area (Å²) in [6.07, 6.45) is -0.257. The van der Waals surface area contributed by atoms with Crippen molar-refractivity contribution in [3.8, 4) is 0 Å². The Morgan fingerprint density at radius 3 is 2.37 bits per heavy atom. The Kier molecular flexibility index (Phi) is 7.90. The van der Waals surface area contributed by atoms with Gasteiger partial charge in [0.05, 0.1) is 7.11 Å². The molecule has 0 heterocycles. The van der Waals surface area contributed by atoms with Gasteiger partial charge >= 0.3 is 12.2 Å². The van der Waals surface area contributed by atoms with Crippen molar-refractivity contribution in [3.63, 3.8) is 0 Å². The normalized spacial score (nSPS) is 10.8. The summed E-state index contributed by atoms with van der Waals surface area (Å²) in [5.41, 5.74) is 4.89. The Morgan fingerprint density at radius 1 is 1.26 bits per heavy atom. The fraction of sp³-hybridized carbons (Fsp3) is 0.833. The summed E-state index contributed by atoms with van der Waals surface area (Å²) in [5.74, 6) is 0. The van der Waals surface area contributed by atoms with Crippen LogP contribution in [0, 0.1) is 0 Å². The molecule has 3 N–H and O–H groups in total. The number of amides is 2. The Hall–Kier alpha value is -1.50. The van der Waals surface area contributed by atoms with Gasteiger partial charge in [-0.25, -0.2) is 9.59 Å². The van der Waals surface area contributed by atoms with Crippen LogP contribution in [0.5, 0.6) is 0 Å². The van der Waals surface area contributed by atoms with Crippen molar-refractivity contribution in [1.29, 1.82) is 0 Å². The molecule has 0 atom stereocenters. The first-order valence-electron chi connectivity index (χ1n) is 6.30. The molecular weight excluding hydrogens is 250 g/mol. The van der Waals surface area contributed by atoms with Crippen LogP contribution in [0.1, 0.15) is 27.2 Å². The van der Waals surface area contributed by atoms with Crippen molar-refractivity contribution in [1.82, 2.24) is 10.2 Å². The molecule has 7 nitrogen and oxygen atoms in total. The summed E-state index contributed by atoms with van der Waals surface area (Å²) in [6.45, 7) is 7.05. The molecule has 0 aliphatic carbocycles. The third kappa shape index (κ3) is 9.12. The minimum absolute atomic E-state index is 0.302. The average Bonchev–Trinajstić information content (AvgIpc) is 2.30. The summed E-state index contributed by atoms with van der Waals surface area (Å²) in [5, 5.41) is 2.52. The molecule has 112 valence electrons. The number of nitrogens with two attached hydrogens (primary N) is 1. The summed E-state index contributed by atoms with van der Waals surface area (Å²) in [7, 11) is 1.29. The maximum atomic E-state index is 11.9. The zero-order chi connectivity index (χ0) is 14.9. The lowest BCUT2D eigenvalue weighted by Gasteiger charge is -2.27. The molecule has 0 radical (unpaired) electrons. The van der Waals surface area contributed by atoms with Gasteiger partial charge in [-0.05, 0) is 33.7 Å². The lowest BCUT2D eigenvalue weighted by atomic mass is 10.2. The van der Waals surface area contributed by atoms with Crippen molar-refractivity contribution in [2.75, 3.05) is 33.3 Å². The molecule has 0 aromatic rings. The molecule has 0 unspecified atom stereocenters. The van der Waals surface area contributed by atoms with Crippen LogP contribution in [0.25, 0.3) is 0 Å². The minimum Gasteiger partial charge on any atom is -0.453 e. The third-order valence-electron chi connectivity index (χ3n) is 2.12. The van der Waals surface area contributed by atoms with Gasteiger partial charge in [-0.2, -0.15) is 0 Å². The third-order valence-corrected chi connectivity index (χ3v) is 2.12. The van der Waals surface area contributed by atoms with Crippen LogP contribution in [0.4, 0.5) is 9.59 Å². The molecule has 0 saturated carbocycles. The van der Waals surface area contributed by atoms with Crippen LogP contribution in [-0.2, 0) is 9.47 Å². The van der Waals surface area contributed by atoms with E-state index in [0.29, 0.717) is 32.6 Å². The number of alkyl carbamates (subject to hydrolysis) is 1. The average molecular weight is 275 g/mol. The van der Waals surface area contributed by atoms with Crippen LogP contribution in [0.15, 0.2) is 0 Å². The number of hydrogen-bond acceptors (Lipinski definition) is 5. The number of methoxy groups -OCH3 is 1. The van der Waals surface area contributed by atoms with Gasteiger partial charge in [-0.3, -0.25) is 0 Å². The molecule has 0 aromatic carbocycles. The molecule has 0 spiro atoms. The molecule has 0 aromatic heterocycles. The van der Waals surface area contributed by atoms with E-state index in [2.05, 4.69) is 10.1 Å². The number of carbonyl (C=O) groups excluding carboxylic acids is 2. The second-order valence-electron chi connectivity index (χ2n) is 5.03. The lowest BCUT2D eigenvalue weighted by molar-refractivity contribution is 0.0250. The van der Waals surface area contributed by atoms with Gasteiger partial charge in [0.2, 0.25) is 0 Å². The van der Waals surface area contributed by atoms with Crippen LogP contribution < -0.4 is 11.1 Å². The Morgan fingerprint density at radius 2 is 1.89 bits per heavy atom. The van der Waals surface area contributed by atoms with Crippen molar-refractivity contribution < 1.29 is 19.1 Å². The zero-order valence-corrected chi connectivity index (χ0v) is 12.2. The number of hydrogen-bond donors (Lipinski definition) is 2. The van der Waals surface area contributed by atoms with E-state index in [-0.39, 0.29) is 0 Å². The SMILES string of the molecule is COC(=O)NCCN(CCCN)C(=O)OC(C)(C)C. The highest BCUT2D eigenvalue weighted by Crippen LogP contribution is 2.09. The van der Waals surface area contributed by atoms with Crippen molar-refractivity contribution in [3.05, 3.63) is 0 Å². The summed E-state index contributed by atoms with van der Waals surface area (Å²) in [6, 6.07) is 0. The predicted octanol–water partition coefficient (Wildman–Crippen LogP) is 0.928. The molecule has 0 saturated heterocycles. The van der Waals surface area contributed by atoms with Crippen molar-refractivity contribution in [2.45, 2.75) is 32.8 Å². The highest BCUT2D eigenvalue weighted by molar-refractivity contribution is 5.69. The first-order chi connectivity index (χ1) is 8.80. The van der Waals surface area contributed by atoms with E-state index >= 15 is 0 Å². The van der Waals surface area contributed by atoms with E-state index in [4.69, 9.17) is 10.5 Å². The highest BCUT2D eigenvalue weighted by atomic mass is 16.6. The second kappa shape index (κ2) is 8.58. The standard InChI is InChI=1S/C12H25N3O4/c1-12(2,3)19-11(17)15(8-5-6-13)9-7-14-10(16)18-4/h5-9,13H2,1-4H3,(H,14,16). The van der Waals surface area contributed by atoms with E-state index in [9.17, 15) is 9.59 Å². The van der Waals surface area contributed by atoms with Gasteiger partial charge < -0.3 is 25.4 Å². The maximum Gasteiger partial charge on any atom is 0.410 e. The fourth-order valence-corrected chi connectivity index (χ4v) is 1.27. The van der Waals surface area contributed by atoms with Gasteiger partial charge in [0.25, 0.3) is 0 Å². The van der Waals surface area contributed by atoms with Crippen molar-refractivity contribution >= 4 is 12.2 Å². The number of rotatable bonds is 6. The first-order valence-corrected chi connectivity index (χ1v) is 6.30. The van der Waals surface area contributed by atoms with Crippen molar-refractivity contribution in [2.24, 2.45) is 5.73 Å². The van der Waals surface area contributed by atoms with Gasteiger partial charge in [0, 0.05) is 19.6 Å². The van der Waals surface area contributed by atoms with E-state index < -0.39 is 17.8 Å². The minimum atomic E-state index is -0.548. The maximum absolute atomic E-state index is 11.9. The fourth-order valence-electron chi connectivity index (χ4n) is 1.27. The quantitative estimate of drug-likeness (QED) is 0.752. The smallest absolute Gasteiger partial charge is 0.410 e. The molecular formula is C12H25N3O4. The molecule has 19 heavy (non-hydrogen) atoms. The lowest BCUT2D eigenvalue weighted by Crippen LogP contribution is -2.42. The number of nitrogens with zero attached hydrogens (tertiary/aromatic N) is 1. The number of carbonyl (C=O) groups is 2. The zero-order valence-electron chi connectivity index (χ0n) is 12.2. The van der Waals surface area contributed by atoms with E-state index in [1.165, 1.54) is 12.0 Å². The predicted molar refractivity (Wildman–Crippen MR) is 71.9 cm³/mol. The largest absolute Gasteiger partial charge is 0.453 e. The Labute approximate surface area is 114 Å². The summed E-state index contributed by atoms with van der Waals surface area (Å²) < 4.78 is 9.73. The van der Waals surface area contributed by atoms with E-state index in [0.717, 1.165) is 0 Å². The molecule has 2 amide bonds. The number of nitrogens with one attached hydrogen (secondary N) is 1. The van der Waals surface area contributed by atoms with Gasteiger partial charge in [0.1, 0.15) is 5.60 Å². The Balaban J connectivity index is 4.29. The van der Waals surface area contributed by atoms with Gasteiger partial charge in [-0.15, -0.1) is 0 Å². The molecule has 0 bridgehead atoms. The summed E-state index contributed by atoms with van der Waals surface area (Å²) >= 11 is 0. The molecule has 0 fully saturated rings. The van der Waals surface area contributed by atoms with Crippen LogP contribution in [-0.4, -0.2) is 56.0 Å². The number of ether oxygens (including phenoxy) is 2. The summed E-state index contributed by atoms with van der Waals surface area (Å²) in [4.78, 5) is 24.4. The van der Waals surface area contributed by atoms with Crippen LogP contribution >= 0.6 is 0 Å². The van der Waals surface area contributed by atoms with Gasteiger partial charge in [0.15, 0.2) is 0 Å². The Bertz CT molecular complexity index is 289. The molecule has 0 aliphatic rings. The molecule has 7 heteroatoms. The van der Waals surface area contributed by atoms with Gasteiger partial charge in [-0.1, -0.05) is 0 Å². The second-order valence-corrected chi connectivity index (χ2v) is 5.03. The van der Waals surface area contributed by atoms with E-state index in [1.807, 2.05) is 0 Å². The molecule has 0 aliphatic heterocycles. The molecule has 0 rings (SSSR count). The van der Waals surface area contributed by atoms with Crippen LogP contribution in [0.2, 0.25) is 0 Å². The topological polar surface area (TPSA) is 93.9 Å². The van der Waals surface area contributed by atoms with Crippen LogP contribution in [0.3, 0.4) is 0 Å². The monoisotopic (exact) mass is 275 g/mol. The van der Waals surface area contributed by atoms with E-state index in [1.54, 1.807) is 20.8 Å².